The molecule has 0 aromatic carbocycles. The molecule has 1 atom stereocenters. The summed E-state index contributed by atoms with van der Waals surface area (Å²) >= 11 is 1.86. The average molecular weight is 441 g/mol. The molecule has 2 aliphatic rings. The highest BCUT2D eigenvalue weighted by atomic mass is 32.1. The van der Waals surface area contributed by atoms with Gasteiger partial charge in [0.05, 0.1) is 6.04 Å². The van der Waals surface area contributed by atoms with E-state index in [0.717, 1.165) is 43.9 Å². The molecule has 7 heteroatoms. The van der Waals surface area contributed by atoms with Crippen molar-refractivity contribution in [1.29, 1.82) is 0 Å². The van der Waals surface area contributed by atoms with Crippen molar-refractivity contribution in [2.24, 2.45) is 10.9 Å². The molecule has 2 aromatic heterocycles. The van der Waals surface area contributed by atoms with E-state index in [9.17, 15) is 0 Å². The fourth-order valence-electron chi connectivity index (χ4n) is 4.52. The van der Waals surface area contributed by atoms with Crippen LogP contribution in [0.1, 0.15) is 49.1 Å². The zero-order chi connectivity index (χ0) is 21.5. The van der Waals surface area contributed by atoms with Crippen molar-refractivity contribution in [3.05, 3.63) is 46.3 Å². The second-order valence-corrected chi connectivity index (χ2v) is 9.75. The number of thiophene rings is 1. The molecule has 0 spiro atoms. The van der Waals surface area contributed by atoms with Crippen LogP contribution in [0.15, 0.2) is 40.8 Å². The van der Waals surface area contributed by atoms with Crippen LogP contribution in [-0.4, -0.2) is 55.6 Å². The third-order valence-electron chi connectivity index (χ3n) is 6.52. The van der Waals surface area contributed by atoms with Crippen molar-refractivity contribution in [2.75, 3.05) is 44.7 Å². The van der Waals surface area contributed by atoms with Gasteiger partial charge in [0.25, 0.3) is 0 Å². The third kappa shape index (κ3) is 5.98. The molecular formula is C24H36N6S. The lowest BCUT2D eigenvalue weighted by Gasteiger charge is -2.36. The van der Waals surface area contributed by atoms with Crippen LogP contribution < -0.4 is 15.5 Å². The number of nitrogens with one attached hydrogen (secondary N) is 2. The van der Waals surface area contributed by atoms with Gasteiger partial charge in [-0.15, -0.1) is 11.3 Å². The van der Waals surface area contributed by atoms with Gasteiger partial charge in [-0.25, -0.2) is 4.98 Å². The number of anilines is 1. The van der Waals surface area contributed by atoms with Gasteiger partial charge in [-0.3, -0.25) is 9.89 Å². The van der Waals surface area contributed by atoms with Crippen molar-refractivity contribution in [3.8, 4) is 0 Å². The Bertz CT molecular complexity index is 822. The van der Waals surface area contributed by atoms with Crippen LogP contribution in [0.2, 0.25) is 0 Å². The summed E-state index contributed by atoms with van der Waals surface area (Å²) in [5, 5.41) is 9.26. The molecule has 2 saturated heterocycles. The molecule has 4 heterocycles. The van der Waals surface area contributed by atoms with Crippen LogP contribution in [0.3, 0.4) is 0 Å². The number of piperidine rings is 1. The van der Waals surface area contributed by atoms with Crippen LogP contribution in [0, 0.1) is 5.92 Å². The van der Waals surface area contributed by atoms with Gasteiger partial charge >= 0.3 is 0 Å². The normalized spacial score (nSPS) is 19.5. The van der Waals surface area contributed by atoms with Crippen molar-refractivity contribution in [1.82, 2.24) is 20.5 Å². The summed E-state index contributed by atoms with van der Waals surface area (Å²) in [6, 6.07) is 9.11. The van der Waals surface area contributed by atoms with E-state index in [1.54, 1.807) is 0 Å². The Kier molecular flexibility index (Phi) is 7.81. The smallest absolute Gasteiger partial charge is 0.191 e. The maximum atomic E-state index is 4.56. The highest BCUT2D eigenvalue weighted by molar-refractivity contribution is 7.10. The van der Waals surface area contributed by atoms with Crippen LogP contribution in [-0.2, 0) is 6.54 Å². The molecule has 6 nitrogen and oxygen atoms in total. The molecule has 2 aliphatic heterocycles. The maximum absolute atomic E-state index is 4.56. The first-order chi connectivity index (χ1) is 15.2. The summed E-state index contributed by atoms with van der Waals surface area (Å²) in [4.78, 5) is 15.5. The standard InChI is InChI=1S/C24H36N6S/c1-19-8-13-29(14-9-19)21(22-6-5-15-31-22)18-28-24(25-2)27-17-20-7-10-26-23(16-20)30-11-3-4-12-30/h5-7,10,15-16,19,21H,3-4,8-9,11-14,17-18H2,1-2H3,(H2,25,27,28). The summed E-state index contributed by atoms with van der Waals surface area (Å²) < 4.78 is 0. The SMILES string of the molecule is CN=C(NCc1ccnc(N2CCCC2)c1)NCC(c1cccs1)N1CCC(C)CC1. The molecular weight excluding hydrogens is 404 g/mol. The first-order valence-corrected chi connectivity index (χ1v) is 12.5. The summed E-state index contributed by atoms with van der Waals surface area (Å²) in [5.41, 5.74) is 1.24. The van der Waals surface area contributed by atoms with E-state index in [1.165, 1.54) is 49.2 Å². The molecule has 0 saturated carbocycles. The van der Waals surface area contributed by atoms with Gasteiger partial charge in [-0.1, -0.05) is 13.0 Å². The molecule has 0 bridgehead atoms. The number of guanidine groups is 1. The van der Waals surface area contributed by atoms with Gasteiger partial charge in [0.15, 0.2) is 5.96 Å². The summed E-state index contributed by atoms with van der Waals surface area (Å²) in [7, 11) is 1.85. The minimum Gasteiger partial charge on any atom is -0.357 e. The number of hydrogen-bond acceptors (Lipinski definition) is 5. The quantitative estimate of drug-likeness (QED) is 0.505. The molecule has 168 valence electrons. The van der Waals surface area contributed by atoms with Crippen molar-refractivity contribution < 1.29 is 0 Å². The lowest BCUT2D eigenvalue weighted by molar-refractivity contribution is 0.140. The van der Waals surface area contributed by atoms with Gasteiger partial charge in [-0.05, 0) is 73.8 Å². The van der Waals surface area contributed by atoms with Crippen LogP contribution in [0.25, 0.3) is 0 Å². The van der Waals surface area contributed by atoms with E-state index < -0.39 is 0 Å². The number of aromatic nitrogens is 1. The minimum absolute atomic E-state index is 0.397. The lowest BCUT2D eigenvalue weighted by Crippen LogP contribution is -2.44. The summed E-state index contributed by atoms with van der Waals surface area (Å²) in [6.07, 6.45) is 7.03. The number of hydrogen-bond donors (Lipinski definition) is 2. The Balaban J connectivity index is 1.33. The molecule has 2 N–H and O–H groups in total. The van der Waals surface area contributed by atoms with E-state index in [2.05, 4.69) is 67.0 Å². The van der Waals surface area contributed by atoms with E-state index in [1.807, 2.05) is 24.6 Å². The molecule has 4 rings (SSSR count). The van der Waals surface area contributed by atoms with Gasteiger partial charge in [-0.2, -0.15) is 0 Å². The van der Waals surface area contributed by atoms with Gasteiger partial charge < -0.3 is 15.5 Å². The first-order valence-electron chi connectivity index (χ1n) is 11.6. The number of aliphatic imine (C=N–C) groups is 1. The van der Waals surface area contributed by atoms with E-state index >= 15 is 0 Å². The zero-order valence-electron chi connectivity index (χ0n) is 18.9. The van der Waals surface area contributed by atoms with E-state index in [-0.39, 0.29) is 0 Å². The maximum Gasteiger partial charge on any atom is 0.191 e. The van der Waals surface area contributed by atoms with E-state index in [4.69, 9.17) is 0 Å². The third-order valence-corrected chi connectivity index (χ3v) is 7.49. The van der Waals surface area contributed by atoms with Crippen LogP contribution in [0.4, 0.5) is 5.82 Å². The average Bonchev–Trinajstić information content (AvgIpc) is 3.52. The van der Waals surface area contributed by atoms with Crippen LogP contribution in [0.5, 0.6) is 0 Å². The summed E-state index contributed by atoms with van der Waals surface area (Å²) in [5.74, 6) is 2.79. The first kappa shape index (κ1) is 22.1. The fourth-order valence-corrected chi connectivity index (χ4v) is 5.38. The second-order valence-electron chi connectivity index (χ2n) is 8.77. The zero-order valence-corrected chi connectivity index (χ0v) is 19.7. The largest absolute Gasteiger partial charge is 0.357 e. The Morgan fingerprint density at radius 1 is 1.19 bits per heavy atom. The molecule has 2 fully saturated rings. The van der Waals surface area contributed by atoms with Crippen molar-refractivity contribution in [3.63, 3.8) is 0 Å². The number of pyridine rings is 1. The molecule has 0 amide bonds. The number of nitrogens with zero attached hydrogens (tertiary/aromatic N) is 4. The molecule has 31 heavy (non-hydrogen) atoms. The van der Waals surface area contributed by atoms with Gasteiger partial charge in [0.2, 0.25) is 0 Å². The topological polar surface area (TPSA) is 55.8 Å². The predicted molar refractivity (Wildman–Crippen MR) is 131 cm³/mol. The van der Waals surface area contributed by atoms with E-state index in [0.29, 0.717) is 6.04 Å². The summed E-state index contributed by atoms with van der Waals surface area (Å²) in [6.45, 7) is 8.56. The molecule has 2 aromatic rings. The Labute approximate surface area is 190 Å². The Morgan fingerprint density at radius 3 is 2.71 bits per heavy atom. The Morgan fingerprint density at radius 2 is 2.00 bits per heavy atom. The minimum atomic E-state index is 0.397. The molecule has 0 aliphatic carbocycles. The Hall–Kier alpha value is -2.12. The predicted octanol–water partition coefficient (Wildman–Crippen LogP) is 3.88. The number of rotatable bonds is 7. The fraction of sp³-hybridized carbons (Fsp3) is 0.583. The lowest BCUT2D eigenvalue weighted by atomic mass is 9.97. The molecule has 1 unspecified atom stereocenters. The van der Waals surface area contributed by atoms with Gasteiger partial charge in [0.1, 0.15) is 5.82 Å². The molecule has 0 radical (unpaired) electrons. The number of likely N-dealkylation sites (tertiary alicyclic amines) is 1. The van der Waals surface area contributed by atoms with Gasteiger partial charge in [0, 0.05) is 44.3 Å². The highest BCUT2D eigenvalue weighted by Crippen LogP contribution is 2.29. The second kappa shape index (κ2) is 11.0. The van der Waals surface area contributed by atoms with Crippen molar-refractivity contribution in [2.45, 2.75) is 45.2 Å². The highest BCUT2D eigenvalue weighted by Gasteiger charge is 2.25. The monoisotopic (exact) mass is 440 g/mol. The van der Waals surface area contributed by atoms with Crippen LogP contribution >= 0.6 is 11.3 Å². The van der Waals surface area contributed by atoms with Crippen molar-refractivity contribution >= 4 is 23.1 Å².